The van der Waals surface area contributed by atoms with Gasteiger partial charge in [-0.05, 0) is 92.3 Å². The number of nitrogens with one attached hydrogen (secondary N) is 3. The number of nitrogens with zero attached hydrogens (tertiary/aromatic N) is 9. The molecule has 9 rings (SSSR count). The van der Waals surface area contributed by atoms with Crippen molar-refractivity contribution < 1.29 is 23.3 Å². The monoisotopic (exact) mass is 868 g/mol. The maximum Gasteiger partial charge on any atom is 0.328 e. The second-order valence-corrected chi connectivity index (χ2v) is 18.1. The predicted octanol–water partition coefficient (Wildman–Crippen LogP) is 6.79. The molecule has 17 heteroatoms. The Kier molecular flexibility index (Phi) is 11.6. The first-order valence-electron chi connectivity index (χ1n) is 22.0. The molecule has 3 saturated heterocycles. The molecule has 3 aliphatic heterocycles. The molecule has 0 bridgehead atoms. The van der Waals surface area contributed by atoms with Gasteiger partial charge < -0.3 is 24.6 Å². The minimum atomic E-state index is -0.531. The average Bonchev–Trinajstić information content (AvgIpc) is 3.98. The van der Waals surface area contributed by atoms with E-state index in [4.69, 9.17) is 9.51 Å². The Hall–Kier alpha value is -6.75. The maximum absolute atomic E-state index is 16.2. The molecule has 64 heavy (non-hydrogen) atoms. The Labute approximate surface area is 370 Å². The summed E-state index contributed by atoms with van der Waals surface area (Å²) in [6, 6.07) is 16.7. The molecule has 3 N–H and O–H groups in total. The number of halogens is 1. The number of hydrogen-bond donors (Lipinski definition) is 3. The summed E-state index contributed by atoms with van der Waals surface area (Å²) >= 11 is 0. The van der Waals surface area contributed by atoms with Crippen LogP contribution in [0.5, 0.6) is 0 Å². The second-order valence-electron chi connectivity index (χ2n) is 18.1. The van der Waals surface area contributed by atoms with Crippen molar-refractivity contribution in [1.82, 2.24) is 45.6 Å². The number of piperidine rings is 1. The van der Waals surface area contributed by atoms with Crippen molar-refractivity contribution in [2.45, 2.75) is 65.3 Å². The normalized spacial score (nSPS) is 17.2. The van der Waals surface area contributed by atoms with E-state index in [1.165, 1.54) is 6.33 Å². The number of H-pyrrole nitrogens is 1. The van der Waals surface area contributed by atoms with Crippen LogP contribution in [0.25, 0.3) is 33.7 Å². The number of imide groups is 1. The molecule has 4 amide bonds. The largest absolute Gasteiger partial charge is 0.372 e. The first-order chi connectivity index (χ1) is 30.8. The Morgan fingerprint density at radius 2 is 1.62 bits per heavy atom. The van der Waals surface area contributed by atoms with Gasteiger partial charge in [0, 0.05) is 86.5 Å². The number of fused-ring (bicyclic) bond motifs is 1. The van der Waals surface area contributed by atoms with Gasteiger partial charge in [-0.15, -0.1) is 0 Å². The van der Waals surface area contributed by atoms with Crippen molar-refractivity contribution in [1.29, 1.82) is 0 Å². The minimum absolute atomic E-state index is 0.0733. The lowest BCUT2D eigenvalue weighted by Crippen LogP contribution is -2.49. The number of pyridine rings is 1. The molecule has 3 aliphatic rings. The van der Waals surface area contributed by atoms with E-state index in [-0.39, 0.29) is 17.8 Å². The van der Waals surface area contributed by atoms with Gasteiger partial charge in [0.15, 0.2) is 0 Å². The molecule has 7 heterocycles. The lowest BCUT2D eigenvalue weighted by molar-refractivity contribution is -0.120. The standard InChI is InChI=1S/C47H53FN12O4/c1-28-34(29(2)52-44(62)43-55-45(64-56-43)47(3,4)5)11-12-35(40(28)48)41-36-24-38(53-42(36)51-27-50-41)37-13-10-33(25-49-37)59-22-20-57(21-23-59)26-30-14-17-58(18-15-30)31-6-8-32(9-7-31)60-19-16-39(61)54-46(60)63/h6-13,24-25,27,29-30H,14-23,26H2,1-5H3,(H,52,62)(H,50,51,53)(H,54,61,63). The van der Waals surface area contributed by atoms with E-state index in [2.05, 4.69) is 68.6 Å². The highest BCUT2D eigenvalue weighted by Crippen LogP contribution is 2.35. The number of benzene rings is 2. The number of rotatable bonds is 10. The third kappa shape index (κ3) is 8.76. The lowest BCUT2D eigenvalue weighted by Gasteiger charge is -2.40. The summed E-state index contributed by atoms with van der Waals surface area (Å²) in [5.74, 6) is -0.240. The quantitative estimate of drug-likeness (QED) is 0.131. The molecule has 4 aromatic heterocycles. The molecule has 1 atom stereocenters. The predicted molar refractivity (Wildman–Crippen MR) is 242 cm³/mol. The molecule has 0 spiro atoms. The molecule has 0 radical (unpaired) electrons. The number of carbonyl (C=O) groups is 3. The topological polar surface area (TPSA) is 182 Å². The second kappa shape index (κ2) is 17.4. The fraction of sp³-hybridized carbons (Fsp3) is 0.404. The Balaban J connectivity index is 0.781. The molecule has 0 aliphatic carbocycles. The highest BCUT2D eigenvalue weighted by atomic mass is 19.1. The summed E-state index contributed by atoms with van der Waals surface area (Å²) in [4.78, 5) is 67.1. The fourth-order valence-corrected chi connectivity index (χ4v) is 8.92. The van der Waals surface area contributed by atoms with Crippen LogP contribution in [-0.2, 0) is 10.2 Å². The van der Waals surface area contributed by atoms with Gasteiger partial charge in [-0.3, -0.25) is 29.7 Å². The van der Waals surface area contributed by atoms with Crippen molar-refractivity contribution in [2.75, 3.05) is 67.1 Å². The van der Waals surface area contributed by atoms with Crippen molar-refractivity contribution in [2.24, 2.45) is 5.92 Å². The number of aromatic amines is 1. The zero-order valence-electron chi connectivity index (χ0n) is 36.8. The minimum Gasteiger partial charge on any atom is -0.372 e. The van der Waals surface area contributed by atoms with Gasteiger partial charge in [-0.2, -0.15) is 4.98 Å². The van der Waals surface area contributed by atoms with Crippen LogP contribution in [0.1, 0.15) is 80.6 Å². The Morgan fingerprint density at radius 3 is 2.31 bits per heavy atom. The van der Waals surface area contributed by atoms with Gasteiger partial charge in [0.05, 0.1) is 35.0 Å². The van der Waals surface area contributed by atoms with E-state index in [0.717, 1.165) is 87.1 Å². The molecule has 1 unspecified atom stereocenters. The van der Waals surface area contributed by atoms with Crippen LogP contribution in [-0.4, -0.2) is 105 Å². The molecular weight excluding hydrogens is 816 g/mol. The van der Waals surface area contributed by atoms with Gasteiger partial charge in [0.2, 0.25) is 11.8 Å². The van der Waals surface area contributed by atoms with E-state index in [9.17, 15) is 14.4 Å². The van der Waals surface area contributed by atoms with Gasteiger partial charge >= 0.3 is 6.03 Å². The van der Waals surface area contributed by atoms with E-state index < -0.39 is 23.2 Å². The van der Waals surface area contributed by atoms with E-state index in [0.29, 0.717) is 58.2 Å². The average molecular weight is 869 g/mol. The van der Waals surface area contributed by atoms with E-state index in [1.807, 2.05) is 51.2 Å². The highest BCUT2D eigenvalue weighted by molar-refractivity contribution is 6.05. The molecule has 0 saturated carbocycles. The first-order valence-corrected chi connectivity index (χ1v) is 22.0. The third-order valence-electron chi connectivity index (χ3n) is 12.7. The van der Waals surface area contributed by atoms with Gasteiger partial charge in [-0.1, -0.05) is 32.0 Å². The van der Waals surface area contributed by atoms with Crippen LogP contribution in [0, 0.1) is 18.7 Å². The maximum atomic E-state index is 16.2. The smallest absolute Gasteiger partial charge is 0.328 e. The summed E-state index contributed by atoms with van der Waals surface area (Å²) in [5, 5.41) is 9.75. The van der Waals surface area contributed by atoms with Gasteiger partial charge in [-0.25, -0.2) is 19.2 Å². The summed E-state index contributed by atoms with van der Waals surface area (Å²) in [5.41, 5.74) is 6.49. The summed E-state index contributed by atoms with van der Waals surface area (Å²) in [7, 11) is 0. The molecule has 2 aromatic carbocycles. The number of hydrogen-bond acceptors (Lipinski definition) is 12. The van der Waals surface area contributed by atoms with E-state index >= 15 is 4.39 Å². The molecule has 6 aromatic rings. The van der Waals surface area contributed by atoms with E-state index in [1.54, 1.807) is 30.9 Å². The number of carbonyl (C=O) groups excluding carboxylic acids is 3. The van der Waals surface area contributed by atoms with Crippen LogP contribution in [0.15, 0.2) is 71.6 Å². The third-order valence-corrected chi connectivity index (χ3v) is 12.7. The van der Waals surface area contributed by atoms with Crippen LogP contribution < -0.4 is 25.3 Å². The number of anilines is 3. The van der Waals surface area contributed by atoms with Crippen LogP contribution >= 0.6 is 0 Å². The number of urea groups is 1. The van der Waals surface area contributed by atoms with Crippen LogP contribution in [0.2, 0.25) is 0 Å². The van der Waals surface area contributed by atoms with Crippen molar-refractivity contribution in [3.8, 4) is 22.6 Å². The summed E-state index contributed by atoms with van der Waals surface area (Å²) < 4.78 is 21.5. The zero-order valence-corrected chi connectivity index (χ0v) is 36.8. The molecule has 3 fully saturated rings. The van der Waals surface area contributed by atoms with Crippen LogP contribution in [0.4, 0.5) is 26.2 Å². The van der Waals surface area contributed by atoms with Gasteiger partial charge in [0.1, 0.15) is 17.8 Å². The van der Waals surface area contributed by atoms with Gasteiger partial charge in [0.25, 0.3) is 11.7 Å². The Bertz CT molecular complexity index is 2680. The number of piperazine rings is 1. The molecular formula is C47H53FN12O4. The van der Waals surface area contributed by atoms with Crippen molar-refractivity contribution in [3.05, 3.63) is 95.8 Å². The Morgan fingerprint density at radius 1 is 0.906 bits per heavy atom. The van der Waals surface area contributed by atoms with Crippen LogP contribution in [0.3, 0.4) is 0 Å². The molecule has 16 nitrogen and oxygen atoms in total. The number of aromatic nitrogens is 6. The zero-order chi connectivity index (χ0) is 44.7. The van der Waals surface area contributed by atoms with Crippen molar-refractivity contribution >= 4 is 45.9 Å². The number of amides is 4. The SMILES string of the molecule is Cc1c(C(C)NC(=O)c2noc(C(C)(C)C)n2)ccc(-c2ncnc3[nH]c(-c4ccc(N5CCN(CC6CCN(c7ccc(N8CCC(=O)NC8=O)cc7)CC6)CC5)cn4)cc23)c1F. The summed E-state index contributed by atoms with van der Waals surface area (Å²) in [6.07, 6.45) is 5.92. The first kappa shape index (κ1) is 42.5. The lowest BCUT2D eigenvalue weighted by atomic mass is 9.95. The highest BCUT2D eigenvalue weighted by Gasteiger charge is 2.29. The van der Waals surface area contributed by atoms with Crippen molar-refractivity contribution in [3.63, 3.8) is 0 Å². The summed E-state index contributed by atoms with van der Waals surface area (Å²) in [6.45, 7) is 16.6. The fourth-order valence-electron chi connectivity index (χ4n) is 8.92. The molecule has 332 valence electrons.